The van der Waals surface area contributed by atoms with Crippen LogP contribution in [0.25, 0.3) is 0 Å². The molecule has 1 aromatic rings. The zero-order chi connectivity index (χ0) is 12.4. The van der Waals surface area contributed by atoms with Gasteiger partial charge in [0.1, 0.15) is 0 Å². The number of benzene rings is 1. The normalized spacial score (nSPS) is 19.8. The van der Waals surface area contributed by atoms with Crippen molar-refractivity contribution in [1.29, 1.82) is 0 Å². The minimum Gasteiger partial charge on any atom is -0.494 e. The summed E-state index contributed by atoms with van der Waals surface area (Å²) in [5.74, 6) is -0.249. The van der Waals surface area contributed by atoms with E-state index in [4.69, 9.17) is 10.5 Å². The number of ether oxygens (including phenoxy) is 1. The Labute approximate surface area is 99.2 Å². The number of hydrogen-bond acceptors (Lipinski definition) is 3. The topological polar surface area (TPSA) is 55.6 Å². The number of hydrogen-bond donors (Lipinski definition) is 1. The van der Waals surface area contributed by atoms with E-state index in [9.17, 15) is 9.18 Å². The van der Waals surface area contributed by atoms with Crippen LogP contribution in [-0.4, -0.2) is 30.5 Å². The molecular formula is C12H15FN2O2. The molecule has 0 spiro atoms. The molecular weight excluding hydrogens is 223 g/mol. The van der Waals surface area contributed by atoms with Gasteiger partial charge in [-0.25, -0.2) is 4.39 Å². The third-order valence-corrected chi connectivity index (χ3v) is 2.87. The minimum absolute atomic E-state index is 0.0280. The van der Waals surface area contributed by atoms with E-state index in [0.29, 0.717) is 18.5 Å². The van der Waals surface area contributed by atoms with Gasteiger partial charge in [-0.05, 0) is 6.07 Å². The first-order chi connectivity index (χ1) is 8.11. The lowest BCUT2D eigenvalue weighted by molar-refractivity contribution is -0.128. The van der Waals surface area contributed by atoms with Gasteiger partial charge in [0.05, 0.1) is 7.11 Å². The second-order valence-electron chi connectivity index (χ2n) is 4.17. The van der Waals surface area contributed by atoms with Gasteiger partial charge in [-0.15, -0.1) is 0 Å². The molecule has 0 aliphatic carbocycles. The average Bonchev–Trinajstić information content (AvgIpc) is 2.60. The summed E-state index contributed by atoms with van der Waals surface area (Å²) >= 11 is 0. The lowest BCUT2D eigenvalue weighted by Crippen LogP contribution is -2.28. The summed E-state index contributed by atoms with van der Waals surface area (Å²) < 4.78 is 18.8. The van der Waals surface area contributed by atoms with E-state index in [2.05, 4.69) is 0 Å². The molecule has 1 fully saturated rings. The summed E-state index contributed by atoms with van der Waals surface area (Å²) in [6.07, 6.45) is 0.339. The summed E-state index contributed by atoms with van der Waals surface area (Å²) in [4.78, 5) is 13.1. The summed E-state index contributed by atoms with van der Waals surface area (Å²) in [5.41, 5.74) is 6.13. The number of rotatable bonds is 3. The highest BCUT2D eigenvalue weighted by molar-refractivity contribution is 5.79. The molecule has 1 unspecified atom stereocenters. The Kier molecular flexibility index (Phi) is 3.28. The summed E-state index contributed by atoms with van der Waals surface area (Å²) in [6.45, 7) is 0.727. The van der Waals surface area contributed by atoms with Crippen LogP contribution in [0.2, 0.25) is 0 Å². The number of likely N-dealkylation sites (tertiary alicyclic amines) is 1. The van der Waals surface area contributed by atoms with E-state index >= 15 is 0 Å². The highest BCUT2D eigenvalue weighted by Crippen LogP contribution is 2.22. The van der Waals surface area contributed by atoms with E-state index in [1.807, 2.05) is 0 Å². The van der Waals surface area contributed by atoms with Gasteiger partial charge >= 0.3 is 0 Å². The number of amides is 1. The average molecular weight is 238 g/mol. The molecule has 1 aliphatic heterocycles. The minimum atomic E-state index is -0.414. The van der Waals surface area contributed by atoms with E-state index < -0.39 is 5.82 Å². The molecule has 0 bridgehead atoms. The third-order valence-electron chi connectivity index (χ3n) is 2.87. The number of carbonyl (C=O) groups is 1. The van der Waals surface area contributed by atoms with Crippen molar-refractivity contribution in [1.82, 2.24) is 4.90 Å². The van der Waals surface area contributed by atoms with Crippen LogP contribution in [0.1, 0.15) is 12.0 Å². The fourth-order valence-corrected chi connectivity index (χ4v) is 2.00. The first kappa shape index (κ1) is 11.9. The molecule has 1 saturated heterocycles. The van der Waals surface area contributed by atoms with Gasteiger partial charge in [-0.1, -0.05) is 12.1 Å². The van der Waals surface area contributed by atoms with Crippen molar-refractivity contribution in [3.8, 4) is 5.75 Å². The number of methoxy groups -OCH3 is 1. The lowest BCUT2D eigenvalue weighted by atomic mass is 10.2. The molecule has 1 heterocycles. The van der Waals surface area contributed by atoms with Crippen molar-refractivity contribution >= 4 is 5.91 Å². The zero-order valence-corrected chi connectivity index (χ0v) is 9.65. The van der Waals surface area contributed by atoms with Crippen molar-refractivity contribution in [2.75, 3.05) is 13.7 Å². The molecule has 1 atom stereocenters. The molecule has 4 nitrogen and oxygen atoms in total. The fourth-order valence-electron chi connectivity index (χ4n) is 2.00. The van der Waals surface area contributed by atoms with Crippen LogP contribution in [0, 0.1) is 5.82 Å². The van der Waals surface area contributed by atoms with E-state index in [0.717, 1.165) is 0 Å². The maximum atomic E-state index is 13.9. The summed E-state index contributed by atoms with van der Waals surface area (Å²) in [5, 5.41) is 0. The van der Waals surface area contributed by atoms with Gasteiger partial charge in [0.15, 0.2) is 11.6 Å². The Bertz CT molecular complexity index is 437. The smallest absolute Gasteiger partial charge is 0.224 e. The van der Waals surface area contributed by atoms with Crippen molar-refractivity contribution in [2.24, 2.45) is 5.73 Å². The largest absolute Gasteiger partial charge is 0.494 e. The van der Waals surface area contributed by atoms with E-state index in [1.54, 1.807) is 23.1 Å². The molecule has 5 heteroatoms. The van der Waals surface area contributed by atoms with Gasteiger partial charge < -0.3 is 15.4 Å². The van der Waals surface area contributed by atoms with Gasteiger partial charge in [-0.3, -0.25) is 4.79 Å². The quantitative estimate of drug-likeness (QED) is 0.851. The van der Waals surface area contributed by atoms with Gasteiger partial charge in [0.2, 0.25) is 5.91 Å². The van der Waals surface area contributed by atoms with Crippen LogP contribution in [0.4, 0.5) is 4.39 Å². The number of halogens is 1. The van der Waals surface area contributed by atoms with Crippen LogP contribution in [0.5, 0.6) is 5.75 Å². The fraction of sp³-hybridized carbons (Fsp3) is 0.417. The Morgan fingerprint density at radius 3 is 2.94 bits per heavy atom. The predicted molar refractivity (Wildman–Crippen MR) is 61.0 cm³/mol. The van der Waals surface area contributed by atoms with Crippen molar-refractivity contribution < 1.29 is 13.9 Å². The second-order valence-corrected chi connectivity index (χ2v) is 4.17. The molecule has 17 heavy (non-hydrogen) atoms. The van der Waals surface area contributed by atoms with Crippen LogP contribution in [0.15, 0.2) is 18.2 Å². The molecule has 0 aromatic heterocycles. The Balaban J connectivity index is 2.16. The summed E-state index contributed by atoms with van der Waals surface area (Å²) in [6, 6.07) is 4.76. The number of carbonyl (C=O) groups excluding carboxylic acids is 1. The van der Waals surface area contributed by atoms with Crippen molar-refractivity contribution in [2.45, 2.75) is 19.0 Å². The maximum absolute atomic E-state index is 13.9. The molecule has 1 amide bonds. The van der Waals surface area contributed by atoms with Crippen LogP contribution in [-0.2, 0) is 11.3 Å². The Hall–Kier alpha value is -1.62. The van der Waals surface area contributed by atoms with Crippen LogP contribution < -0.4 is 10.5 Å². The Morgan fingerprint density at radius 2 is 2.35 bits per heavy atom. The molecule has 0 radical (unpaired) electrons. The highest BCUT2D eigenvalue weighted by atomic mass is 19.1. The predicted octanol–water partition coefficient (Wildman–Crippen LogP) is 0.894. The van der Waals surface area contributed by atoms with Crippen LogP contribution in [0.3, 0.4) is 0 Å². The van der Waals surface area contributed by atoms with Gasteiger partial charge in [0.25, 0.3) is 0 Å². The first-order valence-corrected chi connectivity index (χ1v) is 5.46. The summed E-state index contributed by atoms with van der Waals surface area (Å²) in [7, 11) is 1.42. The third kappa shape index (κ3) is 2.39. The first-order valence-electron chi connectivity index (χ1n) is 5.46. The maximum Gasteiger partial charge on any atom is 0.224 e. The van der Waals surface area contributed by atoms with E-state index in [1.165, 1.54) is 7.11 Å². The zero-order valence-electron chi connectivity index (χ0n) is 9.65. The van der Waals surface area contributed by atoms with Gasteiger partial charge in [0, 0.05) is 31.1 Å². The van der Waals surface area contributed by atoms with E-state index in [-0.39, 0.29) is 24.2 Å². The highest BCUT2D eigenvalue weighted by Gasteiger charge is 2.27. The number of nitrogens with zero attached hydrogens (tertiary/aromatic N) is 1. The number of nitrogens with two attached hydrogens (primary N) is 1. The monoisotopic (exact) mass is 238 g/mol. The molecule has 2 rings (SSSR count). The molecule has 2 N–H and O–H groups in total. The van der Waals surface area contributed by atoms with Crippen molar-refractivity contribution in [3.05, 3.63) is 29.6 Å². The molecule has 0 saturated carbocycles. The van der Waals surface area contributed by atoms with Crippen molar-refractivity contribution in [3.63, 3.8) is 0 Å². The molecule has 1 aliphatic rings. The second kappa shape index (κ2) is 4.71. The molecule has 1 aromatic carbocycles. The standard InChI is InChI=1S/C12H15FN2O2/c1-17-10-4-2-3-8(12(10)13)6-15-7-9(14)5-11(15)16/h2-4,9H,5-7,14H2,1H3. The SMILES string of the molecule is COc1cccc(CN2CC(N)CC2=O)c1F. The lowest BCUT2D eigenvalue weighted by Gasteiger charge is -2.17. The molecule has 92 valence electrons. The van der Waals surface area contributed by atoms with Gasteiger partial charge in [-0.2, -0.15) is 0 Å². The Morgan fingerprint density at radius 1 is 1.59 bits per heavy atom. The van der Waals surface area contributed by atoms with Crippen LogP contribution >= 0.6 is 0 Å².